The summed E-state index contributed by atoms with van der Waals surface area (Å²) in [6.45, 7) is -0.464. The predicted molar refractivity (Wildman–Crippen MR) is 41.6 cm³/mol. The fraction of sp³-hybridized carbons (Fsp3) is 1.00. The zero-order valence-corrected chi connectivity index (χ0v) is 7.26. The number of alkyl halides is 1. The summed E-state index contributed by atoms with van der Waals surface area (Å²) in [6, 6.07) is -1.03. The Morgan fingerprint density at radius 3 is 2.69 bits per heavy atom. The predicted octanol–water partition coefficient (Wildman–Crippen LogP) is -1.62. The second kappa shape index (κ2) is 4.30. The fourth-order valence-corrected chi connectivity index (χ4v) is 1.29. The summed E-state index contributed by atoms with van der Waals surface area (Å²) in [5, 5.41) is 18.0. The first-order valence-electron chi connectivity index (χ1n) is 3.98. The zero-order valence-electron chi connectivity index (χ0n) is 7.26. The van der Waals surface area contributed by atoms with Crippen LogP contribution in [0.15, 0.2) is 0 Å². The third-order valence-corrected chi connectivity index (χ3v) is 2.11. The van der Waals surface area contributed by atoms with Crippen molar-refractivity contribution in [1.82, 2.24) is 0 Å². The summed E-state index contributed by atoms with van der Waals surface area (Å²) in [6.07, 6.45) is -4.93. The molecule has 6 heteroatoms. The molecule has 0 aromatic carbocycles. The SMILES string of the molecule is CO[C@H]1O[C@H](CO)[C@@H](O)[C@H](F)[C@@H]1N. The lowest BCUT2D eigenvalue weighted by atomic mass is 9.99. The average molecular weight is 195 g/mol. The second-order valence-electron chi connectivity index (χ2n) is 2.97. The van der Waals surface area contributed by atoms with Gasteiger partial charge in [-0.1, -0.05) is 0 Å². The third-order valence-electron chi connectivity index (χ3n) is 2.11. The summed E-state index contributed by atoms with van der Waals surface area (Å²) in [7, 11) is 1.32. The number of aliphatic hydroxyl groups is 2. The Balaban J connectivity index is 2.66. The van der Waals surface area contributed by atoms with Gasteiger partial charge in [0.1, 0.15) is 18.4 Å². The highest BCUT2D eigenvalue weighted by Crippen LogP contribution is 2.22. The van der Waals surface area contributed by atoms with Crippen molar-refractivity contribution in [1.29, 1.82) is 0 Å². The van der Waals surface area contributed by atoms with Crippen LogP contribution in [0.2, 0.25) is 0 Å². The van der Waals surface area contributed by atoms with E-state index in [1.54, 1.807) is 0 Å². The first kappa shape index (κ1) is 10.8. The van der Waals surface area contributed by atoms with Gasteiger partial charge in [0, 0.05) is 7.11 Å². The number of hydrogen-bond donors (Lipinski definition) is 3. The second-order valence-corrected chi connectivity index (χ2v) is 2.97. The number of hydrogen-bond acceptors (Lipinski definition) is 5. The molecule has 0 amide bonds. The molecule has 0 unspecified atom stereocenters. The van der Waals surface area contributed by atoms with Crippen LogP contribution in [0.3, 0.4) is 0 Å². The van der Waals surface area contributed by atoms with E-state index in [0.29, 0.717) is 0 Å². The molecule has 5 nitrogen and oxygen atoms in total. The fourth-order valence-electron chi connectivity index (χ4n) is 1.29. The summed E-state index contributed by atoms with van der Waals surface area (Å²) in [5.74, 6) is 0. The molecular weight excluding hydrogens is 181 g/mol. The normalized spacial score (nSPS) is 46.4. The van der Waals surface area contributed by atoms with Crippen LogP contribution >= 0.6 is 0 Å². The minimum absolute atomic E-state index is 0.464. The molecule has 78 valence electrons. The number of methoxy groups -OCH3 is 1. The Morgan fingerprint density at radius 1 is 1.62 bits per heavy atom. The lowest BCUT2D eigenvalue weighted by Crippen LogP contribution is -2.60. The van der Waals surface area contributed by atoms with Crippen molar-refractivity contribution < 1.29 is 24.1 Å². The molecule has 1 aliphatic rings. The molecule has 1 saturated heterocycles. The van der Waals surface area contributed by atoms with Crippen LogP contribution in [0, 0.1) is 0 Å². The molecule has 0 bridgehead atoms. The monoisotopic (exact) mass is 195 g/mol. The maximum atomic E-state index is 13.2. The zero-order chi connectivity index (χ0) is 10.0. The van der Waals surface area contributed by atoms with E-state index in [9.17, 15) is 9.50 Å². The average Bonchev–Trinajstić information content (AvgIpc) is 2.15. The van der Waals surface area contributed by atoms with Crippen molar-refractivity contribution in [3.05, 3.63) is 0 Å². The topological polar surface area (TPSA) is 84.9 Å². The highest BCUT2D eigenvalue weighted by Gasteiger charge is 2.43. The number of aliphatic hydroxyl groups excluding tert-OH is 2. The molecule has 0 aromatic rings. The number of halogens is 1. The largest absolute Gasteiger partial charge is 0.394 e. The van der Waals surface area contributed by atoms with Gasteiger partial charge in [-0.05, 0) is 0 Å². The van der Waals surface area contributed by atoms with Gasteiger partial charge in [0.15, 0.2) is 6.29 Å². The summed E-state index contributed by atoms with van der Waals surface area (Å²) in [4.78, 5) is 0. The molecule has 0 aromatic heterocycles. The molecule has 1 fully saturated rings. The molecule has 5 atom stereocenters. The Labute approximate surface area is 75.2 Å². The van der Waals surface area contributed by atoms with Crippen molar-refractivity contribution in [3.63, 3.8) is 0 Å². The summed E-state index contributed by atoms with van der Waals surface area (Å²) in [5.41, 5.74) is 5.37. The molecule has 1 rings (SSSR count). The first-order valence-corrected chi connectivity index (χ1v) is 3.98. The Morgan fingerprint density at radius 2 is 2.23 bits per heavy atom. The first-order chi connectivity index (χ1) is 6.11. The summed E-state index contributed by atoms with van der Waals surface area (Å²) < 4.78 is 22.9. The Kier molecular flexibility index (Phi) is 3.57. The molecule has 0 saturated carbocycles. The van der Waals surface area contributed by atoms with Crippen LogP contribution in [0.25, 0.3) is 0 Å². The highest BCUT2D eigenvalue weighted by atomic mass is 19.1. The lowest BCUT2D eigenvalue weighted by Gasteiger charge is -2.38. The van der Waals surface area contributed by atoms with Crippen LogP contribution in [0.4, 0.5) is 4.39 Å². The van der Waals surface area contributed by atoms with E-state index in [0.717, 1.165) is 0 Å². The quantitative estimate of drug-likeness (QED) is 0.493. The molecule has 0 aliphatic carbocycles. The van der Waals surface area contributed by atoms with Gasteiger partial charge in [0.2, 0.25) is 0 Å². The molecular formula is C7H14FNO4. The van der Waals surface area contributed by atoms with Gasteiger partial charge in [-0.15, -0.1) is 0 Å². The van der Waals surface area contributed by atoms with Crippen LogP contribution in [-0.2, 0) is 9.47 Å². The molecule has 4 N–H and O–H groups in total. The van der Waals surface area contributed by atoms with Crippen molar-refractivity contribution >= 4 is 0 Å². The van der Waals surface area contributed by atoms with Gasteiger partial charge >= 0.3 is 0 Å². The minimum atomic E-state index is -1.64. The number of nitrogens with two attached hydrogens (primary N) is 1. The molecule has 13 heavy (non-hydrogen) atoms. The van der Waals surface area contributed by atoms with Gasteiger partial charge in [-0.2, -0.15) is 0 Å². The van der Waals surface area contributed by atoms with Crippen molar-refractivity contribution in [2.45, 2.75) is 30.7 Å². The smallest absolute Gasteiger partial charge is 0.175 e. The van der Waals surface area contributed by atoms with Gasteiger partial charge in [-0.3, -0.25) is 0 Å². The van der Waals surface area contributed by atoms with E-state index < -0.39 is 37.3 Å². The molecule has 1 heterocycles. The van der Waals surface area contributed by atoms with E-state index in [-0.39, 0.29) is 0 Å². The lowest BCUT2D eigenvalue weighted by molar-refractivity contribution is -0.247. The van der Waals surface area contributed by atoms with Crippen LogP contribution < -0.4 is 5.73 Å². The maximum absolute atomic E-state index is 13.2. The van der Waals surface area contributed by atoms with Gasteiger partial charge in [0.25, 0.3) is 0 Å². The Hall–Kier alpha value is -0.270. The van der Waals surface area contributed by atoms with E-state index in [1.807, 2.05) is 0 Å². The molecule has 0 radical (unpaired) electrons. The van der Waals surface area contributed by atoms with E-state index >= 15 is 0 Å². The third kappa shape index (κ3) is 1.97. The standard InChI is InChI=1S/C7H14FNO4/c1-12-7-5(9)4(8)6(11)3(2-10)13-7/h3-7,10-11H,2,9H2,1H3/t3-,4-,5+,6-,7+/m1/s1. The molecule has 1 aliphatic heterocycles. The van der Waals surface area contributed by atoms with Crippen LogP contribution in [0.5, 0.6) is 0 Å². The highest BCUT2D eigenvalue weighted by molar-refractivity contribution is 4.91. The van der Waals surface area contributed by atoms with Gasteiger partial charge < -0.3 is 25.4 Å². The Bertz CT molecular complexity index is 151. The van der Waals surface area contributed by atoms with Gasteiger partial charge in [-0.25, -0.2) is 4.39 Å². The molecule has 0 spiro atoms. The van der Waals surface area contributed by atoms with E-state index in [2.05, 4.69) is 0 Å². The van der Waals surface area contributed by atoms with Gasteiger partial charge in [0.05, 0.1) is 12.6 Å². The van der Waals surface area contributed by atoms with Crippen molar-refractivity contribution in [2.24, 2.45) is 5.73 Å². The van der Waals surface area contributed by atoms with E-state index in [4.69, 9.17) is 20.3 Å². The van der Waals surface area contributed by atoms with Crippen molar-refractivity contribution in [2.75, 3.05) is 13.7 Å². The summed E-state index contributed by atoms with van der Waals surface area (Å²) >= 11 is 0. The maximum Gasteiger partial charge on any atom is 0.175 e. The number of rotatable bonds is 2. The van der Waals surface area contributed by atoms with E-state index in [1.165, 1.54) is 7.11 Å². The minimum Gasteiger partial charge on any atom is -0.394 e. The van der Waals surface area contributed by atoms with Crippen LogP contribution in [0.1, 0.15) is 0 Å². The van der Waals surface area contributed by atoms with Crippen molar-refractivity contribution in [3.8, 4) is 0 Å². The van der Waals surface area contributed by atoms with Crippen LogP contribution in [-0.4, -0.2) is 54.6 Å². The number of ether oxygens (including phenoxy) is 2.